The fraction of sp³-hybridized carbons (Fsp3) is 0.0769. The van der Waals surface area contributed by atoms with Crippen LogP contribution in [0.3, 0.4) is 0 Å². The van der Waals surface area contributed by atoms with Crippen LogP contribution in [-0.4, -0.2) is 5.91 Å². The second-order valence-corrected chi connectivity index (χ2v) is 4.11. The fourth-order valence-corrected chi connectivity index (χ4v) is 1.67. The van der Waals surface area contributed by atoms with E-state index in [1.165, 1.54) is 12.3 Å². The second-order valence-electron chi connectivity index (χ2n) is 3.71. The van der Waals surface area contributed by atoms with E-state index in [0.717, 1.165) is 0 Å². The van der Waals surface area contributed by atoms with Crippen LogP contribution in [-0.2, 0) is 0 Å². The number of halogens is 1. The van der Waals surface area contributed by atoms with Gasteiger partial charge < -0.3 is 9.73 Å². The van der Waals surface area contributed by atoms with Gasteiger partial charge in [-0.05, 0) is 31.2 Å². The molecule has 0 saturated carbocycles. The number of hydrogen-bond acceptors (Lipinski definition) is 3. The first-order valence-electron chi connectivity index (χ1n) is 5.16. The number of carbonyl (C=O) groups excluding carboxylic acids is 1. The molecule has 0 bridgehead atoms. The van der Waals surface area contributed by atoms with E-state index in [9.17, 15) is 4.79 Å². The van der Waals surface area contributed by atoms with Gasteiger partial charge in [-0.15, -0.1) is 0 Å². The second kappa shape index (κ2) is 4.94. The minimum atomic E-state index is -0.307. The highest BCUT2D eigenvalue weighted by Gasteiger charge is 2.11. The van der Waals surface area contributed by atoms with E-state index >= 15 is 0 Å². The number of amides is 1. The zero-order chi connectivity index (χ0) is 13.1. The van der Waals surface area contributed by atoms with Crippen molar-refractivity contribution in [2.75, 3.05) is 5.32 Å². The Morgan fingerprint density at radius 2 is 2.22 bits per heavy atom. The van der Waals surface area contributed by atoms with E-state index in [2.05, 4.69) is 5.32 Å². The molecule has 5 heteroatoms. The normalized spacial score (nSPS) is 9.83. The summed E-state index contributed by atoms with van der Waals surface area (Å²) in [5.41, 5.74) is 1.32. The minimum Gasteiger partial charge on any atom is -0.469 e. The molecular weight excluding hydrogens is 252 g/mol. The lowest BCUT2D eigenvalue weighted by Crippen LogP contribution is -2.11. The summed E-state index contributed by atoms with van der Waals surface area (Å²) in [5, 5.41) is 11.7. The van der Waals surface area contributed by atoms with Crippen LogP contribution in [0.15, 0.2) is 34.9 Å². The summed E-state index contributed by atoms with van der Waals surface area (Å²) in [6.07, 6.45) is 1.38. The number of benzene rings is 1. The van der Waals surface area contributed by atoms with E-state index < -0.39 is 0 Å². The maximum atomic E-state index is 11.8. The molecule has 2 rings (SSSR count). The number of nitrogens with one attached hydrogen (secondary N) is 1. The number of rotatable bonds is 2. The van der Waals surface area contributed by atoms with Gasteiger partial charge in [-0.2, -0.15) is 5.26 Å². The van der Waals surface area contributed by atoms with Gasteiger partial charge in [0.05, 0.1) is 27.9 Å². The number of anilines is 1. The molecule has 1 aromatic carbocycles. The molecule has 18 heavy (non-hydrogen) atoms. The van der Waals surface area contributed by atoms with Crippen LogP contribution in [0.5, 0.6) is 0 Å². The summed E-state index contributed by atoms with van der Waals surface area (Å²) in [6, 6.07) is 8.28. The first-order valence-corrected chi connectivity index (χ1v) is 5.54. The maximum Gasteiger partial charge on any atom is 0.258 e. The number of carbonyl (C=O) groups is 1. The molecule has 1 aromatic heterocycles. The van der Waals surface area contributed by atoms with Gasteiger partial charge >= 0.3 is 0 Å². The Bertz CT molecular complexity index is 641. The predicted octanol–water partition coefficient (Wildman–Crippen LogP) is 3.37. The van der Waals surface area contributed by atoms with Gasteiger partial charge in [0.15, 0.2) is 0 Å². The smallest absolute Gasteiger partial charge is 0.258 e. The summed E-state index contributed by atoms with van der Waals surface area (Å²) in [6.45, 7) is 1.76. The van der Waals surface area contributed by atoms with Crippen LogP contribution in [0.1, 0.15) is 21.7 Å². The Hall–Kier alpha value is -2.25. The van der Waals surface area contributed by atoms with Crippen LogP contribution >= 0.6 is 11.6 Å². The Kier molecular flexibility index (Phi) is 3.35. The highest BCUT2D eigenvalue weighted by atomic mass is 35.5. The van der Waals surface area contributed by atoms with E-state index in [1.807, 2.05) is 6.07 Å². The molecule has 0 spiro atoms. The van der Waals surface area contributed by atoms with Crippen molar-refractivity contribution in [1.29, 1.82) is 5.26 Å². The largest absolute Gasteiger partial charge is 0.469 e. The van der Waals surface area contributed by atoms with E-state index in [-0.39, 0.29) is 5.91 Å². The van der Waals surface area contributed by atoms with Gasteiger partial charge in [0.2, 0.25) is 0 Å². The van der Waals surface area contributed by atoms with Crippen LogP contribution in [0.4, 0.5) is 5.69 Å². The summed E-state index contributed by atoms with van der Waals surface area (Å²) >= 11 is 5.96. The third kappa shape index (κ3) is 2.53. The summed E-state index contributed by atoms with van der Waals surface area (Å²) in [5.74, 6) is 0.351. The minimum absolute atomic E-state index is 0.307. The molecular formula is C13H9ClN2O2. The maximum absolute atomic E-state index is 11.8. The number of aryl methyl sites for hydroxylation is 1. The summed E-state index contributed by atoms with van der Waals surface area (Å²) in [4.78, 5) is 11.8. The van der Waals surface area contributed by atoms with E-state index in [4.69, 9.17) is 21.3 Å². The standard InChI is InChI=1S/C13H9ClN2O2/c1-8-4-10(7-18-8)13(17)16-12-3-2-9(6-15)5-11(12)14/h2-5,7H,1H3,(H,16,17). The Morgan fingerprint density at radius 3 is 2.78 bits per heavy atom. The number of nitrogens with zero attached hydrogens (tertiary/aromatic N) is 1. The molecule has 90 valence electrons. The first kappa shape index (κ1) is 12.2. The first-order chi connectivity index (χ1) is 8.60. The van der Waals surface area contributed by atoms with Crippen LogP contribution in [0, 0.1) is 18.3 Å². The van der Waals surface area contributed by atoms with Crippen LogP contribution < -0.4 is 5.32 Å². The lowest BCUT2D eigenvalue weighted by atomic mass is 10.2. The Morgan fingerprint density at radius 1 is 1.44 bits per heavy atom. The molecule has 1 N–H and O–H groups in total. The molecule has 0 fully saturated rings. The van der Waals surface area contributed by atoms with E-state index in [0.29, 0.717) is 27.6 Å². The van der Waals surface area contributed by atoms with Crippen molar-refractivity contribution in [1.82, 2.24) is 0 Å². The van der Waals surface area contributed by atoms with Crippen molar-refractivity contribution in [2.45, 2.75) is 6.92 Å². The van der Waals surface area contributed by atoms with Gasteiger partial charge in [0, 0.05) is 0 Å². The number of furan rings is 1. The monoisotopic (exact) mass is 260 g/mol. The van der Waals surface area contributed by atoms with Gasteiger partial charge in [0.1, 0.15) is 12.0 Å². The number of hydrogen-bond donors (Lipinski definition) is 1. The van der Waals surface area contributed by atoms with E-state index in [1.54, 1.807) is 25.1 Å². The van der Waals surface area contributed by atoms with Crippen molar-refractivity contribution in [3.05, 3.63) is 52.4 Å². The van der Waals surface area contributed by atoms with Crippen molar-refractivity contribution in [2.24, 2.45) is 0 Å². The molecule has 0 unspecified atom stereocenters. The SMILES string of the molecule is Cc1cc(C(=O)Nc2ccc(C#N)cc2Cl)co1. The average Bonchev–Trinajstić information content (AvgIpc) is 2.78. The zero-order valence-corrected chi connectivity index (χ0v) is 10.3. The van der Waals surface area contributed by atoms with Crippen LogP contribution in [0.2, 0.25) is 5.02 Å². The molecule has 2 aromatic rings. The van der Waals surface area contributed by atoms with Crippen molar-refractivity contribution in [3.63, 3.8) is 0 Å². The zero-order valence-electron chi connectivity index (χ0n) is 9.53. The quantitative estimate of drug-likeness (QED) is 0.900. The topological polar surface area (TPSA) is 66.0 Å². The average molecular weight is 261 g/mol. The molecule has 1 heterocycles. The number of nitriles is 1. The van der Waals surface area contributed by atoms with Gasteiger partial charge in [-0.25, -0.2) is 0 Å². The molecule has 1 amide bonds. The summed E-state index contributed by atoms with van der Waals surface area (Å²) in [7, 11) is 0. The van der Waals surface area contributed by atoms with Gasteiger partial charge in [-0.3, -0.25) is 4.79 Å². The molecule has 4 nitrogen and oxygen atoms in total. The fourth-order valence-electron chi connectivity index (χ4n) is 1.44. The molecule has 0 saturated heterocycles. The van der Waals surface area contributed by atoms with Gasteiger partial charge in [0.25, 0.3) is 5.91 Å². The van der Waals surface area contributed by atoms with Crippen LogP contribution in [0.25, 0.3) is 0 Å². The third-order valence-electron chi connectivity index (χ3n) is 2.34. The molecule has 0 aliphatic rings. The Balaban J connectivity index is 2.20. The molecule has 0 radical (unpaired) electrons. The lowest BCUT2D eigenvalue weighted by molar-refractivity contribution is 0.102. The highest BCUT2D eigenvalue weighted by molar-refractivity contribution is 6.34. The predicted molar refractivity (Wildman–Crippen MR) is 67.6 cm³/mol. The lowest BCUT2D eigenvalue weighted by Gasteiger charge is -2.05. The summed E-state index contributed by atoms with van der Waals surface area (Å²) < 4.78 is 5.05. The molecule has 0 atom stereocenters. The molecule has 0 aliphatic carbocycles. The van der Waals surface area contributed by atoms with Crippen molar-refractivity contribution >= 4 is 23.2 Å². The third-order valence-corrected chi connectivity index (χ3v) is 2.65. The molecule has 0 aliphatic heterocycles. The van der Waals surface area contributed by atoms with Crippen molar-refractivity contribution < 1.29 is 9.21 Å². The Labute approximate surface area is 109 Å². The van der Waals surface area contributed by atoms with Crippen molar-refractivity contribution in [3.8, 4) is 6.07 Å². The van der Waals surface area contributed by atoms with Gasteiger partial charge in [-0.1, -0.05) is 11.6 Å². The highest BCUT2D eigenvalue weighted by Crippen LogP contribution is 2.23.